The van der Waals surface area contributed by atoms with Crippen LogP contribution in [0.15, 0.2) is 54.7 Å². The van der Waals surface area contributed by atoms with Crippen molar-refractivity contribution in [1.82, 2.24) is 10.3 Å². The second-order valence-electron chi connectivity index (χ2n) is 8.83. The number of fused-ring (bicyclic) bond motifs is 5. The molecule has 2 aromatic carbocycles. The molecule has 0 saturated carbocycles. The minimum absolute atomic E-state index is 0.0693. The predicted octanol–water partition coefficient (Wildman–Crippen LogP) is 3.48. The quantitative estimate of drug-likeness (QED) is 0.451. The summed E-state index contributed by atoms with van der Waals surface area (Å²) in [6, 6.07) is 12.1. The summed E-state index contributed by atoms with van der Waals surface area (Å²) < 4.78 is 5.99. The standard InChI is InChI=1S/C25H21N3O6/c1-13(2)15-7-8-17-20(12-15)34-25(31)18-5-4-6-19(28(32)33)21(18)22(29)24(17,25)27-23(30)16-9-10-26-14(3)11-16/h4-13,31H,1-3H3,(H,27,30). The molecule has 1 aliphatic carbocycles. The van der Waals surface area contributed by atoms with E-state index in [0.29, 0.717) is 5.69 Å². The van der Waals surface area contributed by atoms with Gasteiger partial charge in [-0.2, -0.15) is 0 Å². The maximum Gasteiger partial charge on any atom is 0.280 e. The molecule has 0 radical (unpaired) electrons. The number of hydrogen-bond donors (Lipinski definition) is 2. The van der Waals surface area contributed by atoms with Crippen LogP contribution in [0.2, 0.25) is 0 Å². The number of nitrogens with zero attached hydrogens (tertiary/aromatic N) is 2. The van der Waals surface area contributed by atoms with Gasteiger partial charge >= 0.3 is 0 Å². The van der Waals surface area contributed by atoms with Crippen LogP contribution in [-0.4, -0.2) is 26.7 Å². The van der Waals surface area contributed by atoms with E-state index in [1.807, 2.05) is 13.8 Å². The molecule has 2 N–H and O–H groups in total. The average molecular weight is 459 g/mol. The molecule has 9 heteroatoms. The Hall–Kier alpha value is -4.11. The number of nitrogens with one attached hydrogen (secondary N) is 1. The maximum absolute atomic E-state index is 14.0. The Morgan fingerprint density at radius 3 is 2.62 bits per heavy atom. The molecule has 2 unspecified atom stereocenters. The van der Waals surface area contributed by atoms with E-state index in [4.69, 9.17) is 4.74 Å². The van der Waals surface area contributed by atoms with Crippen LogP contribution in [0.5, 0.6) is 5.75 Å². The summed E-state index contributed by atoms with van der Waals surface area (Å²) in [5.74, 6) is -3.48. The highest BCUT2D eigenvalue weighted by Crippen LogP contribution is 2.59. The van der Waals surface area contributed by atoms with E-state index in [0.717, 1.165) is 5.56 Å². The molecule has 1 aliphatic heterocycles. The van der Waals surface area contributed by atoms with Gasteiger partial charge in [0.2, 0.25) is 11.3 Å². The number of carbonyl (C=O) groups is 2. The lowest BCUT2D eigenvalue weighted by molar-refractivity contribution is -0.385. The number of ketones is 1. The molecule has 0 bridgehead atoms. The summed E-state index contributed by atoms with van der Waals surface area (Å²) in [5, 5.41) is 26.3. The van der Waals surface area contributed by atoms with Crippen molar-refractivity contribution in [2.45, 2.75) is 38.0 Å². The van der Waals surface area contributed by atoms with Crippen LogP contribution in [-0.2, 0) is 11.3 Å². The first kappa shape index (κ1) is 21.7. The Labute approximate surface area is 194 Å². The van der Waals surface area contributed by atoms with Crippen molar-refractivity contribution in [1.29, 1.82) is 0 Å². The normalized spacial score (nSPS) is 22.1. The third-order valence-electron chi connectivity index (χ3n) is 6.47. The van der Waals surface area contributed by atoms with E-state index >= 15 is 0 Å². The number of rotatable bonds is 4. The summed E-state index contributed by atoms with van der Waals surface area (Å²) >= 11 is 0. The van der Waals surface area contributed by atoms with E-state index in [9.17, 15) is 24.8 Å². The van der Waals surface area contributed by atoms with Crippen LogP contribution in [0.4, 0.5) is 5.69 Å². The van der Waals surface area contributed by atoms with Crippen LogP contribution < -0.4 is 10.1 Å². The predicted molar refractivity (Wildman–Crippen MR) is 121 cm³/mol. The number of ether oxygens (including phenoxy) is 1. The lowest BCUT2D eigenvalue weighted by Gasteiger charge is -2.34. The molecule has 34 heavy (non-hydrogen) atoms. The maximum atomic E-state index is 14.0. The molecule has 2 atom stereocenters. The molecule has 1 amide bonds. The number of pyridine rings is 1. The Morgan fingerprint density at radius 1 is 1.18 bits per heavy atom. The number of carbonyl (C=O) groups excluding carboxylic acids is 2. The second kappa shape index (κ2) is 7.19. The van der Waals surface area contributed by atoms with Gasteiger partial charge in [0, 0.05) is 34.6 Å². The number of benzene rings is 2. The van der Waals surface area contributed by atoms with Gasteiger partial charge in [-0.15, -0.1) is 0 Å². The van der Waals surface area contributed by atoms with Crippen LogP contribution in [0, 0.1) is 17.0 Å². The Bertz CT molecular complexity index is 1400. The van der Waals surface area contributed by atoms with E-state index in [1.54, 1.807) is 31.2 Å². The molecule has 2 heterocycles. The van der Waals surface area contributed by atoms with Crippen molar-refractivity contribution in [3.05, 3.63) is 98.4 Å². The Kier molecular flexibility index (Phi) is 4.60. The van der Waals surface area contributed by atoms with Crippen LogP contribution in [0.3, 0.4) is 0 Å². The monoisotopic (exact) mass is 459 g/mol. The fourth-order valence-electron chi connectivity index (χ4n) is 4.78. The zero-order valence-electron chi connectivity index (χ0n) is 18.7. The van der Waals surface area contributed by atoms with E-state index < -0.39 is 33.6 Å². The summed E-state index contributed by atoms with van der Waals surface area (Å²) in [6.45, 7) is 5.69. The van der Waals surface area contributed by atoms with E-state index in [2.05, 4.69) is 10.3 Å². The summed E-state index contributed by atoms with van der Waals surface area (Å²) in [5.41, 5.74) is -1.01. The SMILES string of the molecule is Cc1cc(C(=O)NC23C(=O)c4c([N+](=O)[O-])cccc4C2(O)Oc2cc(C(C)C)ccc23)ccn1. The zero-order chi connectivity index (χ0) is 24.4. The molecule has 0 spiro atoms. The third-order valence-corrected chi connectivity index (χ3v) is 6.47. The highest BCUT2D eigenvalue weighted by Gasteiger charge is 2.73. The number of nitro benzene ring substituents is 1. The molecule has 0 saturated heterocycles. The summed E-state index contributed by atoms with van der Waals surface area (Å²) in [4.78, 5) is 42.4. The number of aromatic nitrogens is 1. The van der Waals surface area contributed by atoms with Crippen molar-refractivity contribution >= 4 is 17.4 Å². The second-order valence-corrected chi connectivity index (χ2v) is 8.83. The molecule has 3 aromatic rings. The van der Waals surface area contributed by atoms with Gasteiger partial charge in [-0.05, 0) is 36.6 Å². The van der Waals surface area contributed by atoms with Crippen molar-refractivity contribution in [2.75, 3.05) is 0 Å². The molecule has 5 rings (SSSR count). The lowest BCUT2D eigenvalue weighted by atomic mass is 9.82. The fraction of sp³-hybridized carbons (Fsp3) is 0.240. The smallest absolute Gasteiger partial charge is 0.280 e. The minimum atomic E-state index is -2.37. The van der Waals surface area contributed by atoms with Gasteiger partial charge in [-0.1, -0.05) is 38.1 Å². The number of aliphatic hydroxyl groups is 1. The van der Waals surface area contributed by atoms with Gasteiger partial charge in [-0.25, -0.2) is 0 Å². The molecule has 9 nitrogen and oxygen atoms in total. The van der Waals surface area contributed by atoms with Gasteiger partial charge in [0.15, 0.2) is 0 Å². The number of hydrogen-bond acceptors (Lipinski definition) is 7. The number of nitro groups is 1. The highest BCUT2D eigenvalue weighted by molar-refractivity contribution is 6.15. The van der Waals surface area contributed by atoms with Crippen LogP contribution in [0.1, 0.15) is 62.9 Å². The number of aryl methyl sites for hydroxylation is 1. The third kappa shape index (κ3) is 2.73. The molecule has 0 fully saturated rings. The summed E-state index contributed by atoms with van der Waals surface area (Å²) in [6.07, 6.45) is 1.46. The van der Waals surface area contributed by atoms with Gasteiger partial charge in [0.25, 0.3) is 17.4 Å². The van der Waals surface area contributed by atoms with Crippen molar-refractivity contribution in [2.24, 2.45) is 0 Å². The molecular formula is C25H21N3O6. The number of amides is 1. The molecule has 1 aromatic heterocycles. The van der Waals surface area contributed by atoms with Crippen molar-refractivity contribution in [3.8, 4) is 5.75 Å². The fourth-order valence-corrected chi connectivity index (χ4v) is 4.78. The van der Waals surface area contributed by atoms with Crippen molar-refractivity contribution < 1.29 is 24.4 Å². The van der Waals surface area contributed by atoms with Gasteiger partial charge in [-0.3, -0.25) is 24.7 Å². The van der Waals surface area contributed by atoms with E-state index in [1.165, 1.54) is 30.5 Å². The Morgan fingerprint density at radius 2 is 1.94 bits per heavy atom. The molecular weight excluding hydrogens is 438 g/mol. The van der Waals surface area contributed by atoms with E-state index in [-0.39, 0.29) is 33.9 Å². The van der Waals surface area contributed by atoms with Crippen molar-refractivity contribution in [3.63, 3.8) is 0 Å². The number of Topliss-reactive ketones (excluding diaryl/α,β-unsaturated/α-hetero) is 1. The highest BCUT2D eigenvalue weighted by atomic mass is 16.6. The Balaban J connectivity index is 1.76. The first-order valence-electron chi connectivity index (χ1n) is 10.7. The first-order valence-corrected chi connectivity index (χ1v) is 10.7. The van der Waals surface area contributed by atoms with Crippen LogP contribution in [0.25, 0.3) is 0 Å². The lowest BCUT2D eigenvalue weighted by Crippen LogP contribution is -2.60. The van der Waals surface area contributed by atoms with Gasteiger partial charge < -0.3 is 15.2 Å². The zero-order valence-corrected chi connectivity index (χ0v) is 18.7. The minimum Gasteiger partial charge on any atom is -0.454 e. The largest absolute Gasteiger partial charge is 0.454 e. The van der Waals surface area contributed by atoms with Gasteiger partial charge in [0.05, 0.1) is 4.92 Å². The molecule has 172 valence electrons. The average Bonchev–Trinajstić information content (AvgIpc) is 3.15. The topological polar surface area (TPSA) is 132 Å². The van der Waals surface area contributed by atoms with Crippen LogP contribution >= 0.6 is 0 Å². The summed E-state index contributed by atoms with van der Waals surface area (Å²) in [7, 11) is 0. The van der Waals surface area contributed by atoms with Gasteiger partial charge in [0.1, 0.15) is 11.3 Å². The first-order chi connectivity index (χ1) is 16.1. The molecule has 2 aliphatic rings.